The molecule has 7 nitrogen and oxygen atoms in total. The van der Waals surface area contributed by atoms with Crippen molar-refractivity contribution in [3.05, 3.63) is 54.5 Å². The van der Waals surface area contributed by atoms with E-state index in [1.165, 1.54) is 34.9 Å². The molecular weight excluding hydrogens is 410 g/mol. The molecular formula is C20H23N3O4S2. The quantitative estimate of drug-likeness (QED) is 0.556. The first-order chi connectivity index (χ1) is 13.8. The highest BCUT2D eigenvalue weighted by Crippen LogP contribution is 2.24. The predicted octanol–water partition coefficient (Wildman–Crippen LogP) is 3.23. The SMILES string of the molecule is CC1CCN(S(=O)(=O)c2ccc(NC(=S)NC(=O)C=Cc3ccco3)cc2)CC1. The summed E-state index contributed by atoms with van der Waals surface area (Å²) in [6.45, 7) is 3.23. The van der Waals surface area contributed by atoms with Gasteiger partial charge in [-0.25, -0.2) is 8.42 Å². The van der Waals surface area contributed by atoms with Crippen LogP contribution in [-0.4, -0.2) is 36.8 Å². The van der Waals surface area contributed by atoms with Crippen LogP contribution in [0.4, 0.5) is 5.69 Å². The van der Waals surface area contributed by atoms with E-state index < -0.39 is 15.9 Å². The monoisotopic (exact) mass is 433 g/mol. The number of thiocarbonyl (C=S) groups is 1. The Kier molecular flexibility index (Phi) is 6.83. The molecule has 0 atom stereocenters. The van der Waals surface area contributed by atoms with Gasteiger partial charge in [0.15, 0.2) is 5.11 Å². The highest BCUT2D eigenvalue weighted by atomic mass is 32.2. The van der Waals surface area contributed by atoms with Crippen molar-refractivity contribution in [3.63, 3.8) is 0 Å². The third-order valence-corrected chi connectivity index (χ3v) is 6.79. The lowest BCUT2D eigenvalue weighted by atomic mass is 10.0. The molecule has 9 heteroatoms. The molecule has 3 rings (SSSR count). The molecule has 1 aliphatic rings. The van der Waals surface area contributed by atoms with Gasteiger partial charge in [-0.15, -0.1) is 0 Å². The van der Waals surface area contributed by atoms with Crippen molar-refractivity contribution in [3.8, 4) is 0 Å². The Labute approximate surface area is 175 Å². The smallest absolute Gasteiger partial charge is 0.250 e. The molecule has 0 saturated carbocycles. The summed E-state index contributed by atoms with van der Waals surface area (Å²) in [7, 11) is -3.49. The first kappa shape index (κ1) is 21.2. The van der Waals surface area contributed by atoms with Crippen LogP contribution in [0.1, 0.15) is 25.5 Å². The topological polar surface area (TPSA) is 91.7 Å². The zero-order valence-electron chi connectivity index (χ0n) is 16.0. The van der Waals surface area contributed by atoms with Gasteiger partial charge in [-0.3, -0.25) is 10.1 Å². The first-order valence-corrected chi connectivity index (χ1v) is 11.1. The maximum atomic E-state index is 12.7. The van der Waals surface area contributed by atoms with Gasteiger partial charge in [0.2, 0.25) is 15.9 Å². The number of hydrogen-bond acceptors (Lipinski definition) is 5. The third-order valence-electron chi connectivity index (χ3n) is 4.67. The van der Waals surface area contributed by atoms with Crippen LogP contribution in [-0.2, 0) is 14.8 Å². The highest BCUT2D eigenvalue weighted by molar-refractivity contribution is 7.89. The van der Waals surface area contributed by atoms with Crippen molar-refractivity contribution < 1.29 is 17.6 Å². The average Bonchev–Trinajstić information content (AvgIpc) is 3.21. The lowest BCUT2D eigenvalue weighted by molar-refractivity contribution is -0.115. The average molecular weight is 434 g/mol. The second-order valence-electron chi connectivity index (χ2n) is 6.90. The summed E-state index contributed by atoms with van der Waals surface area (Å²) in [6.07, 6.45) is 6.10. The summed E-state index contributed by atoms with van der Waals surface area (Å²) in [5, 5.41) is 5.49. The maximum absolute atomic E-state index is 12.7. The number of furan rings is 1. The zero-order valence-corrected chi connectivity index (χ0v) is 17.6. The van der Waals surface area contributed by atoms with Gasteiger partial charge in [-0.2, -0.15) is 4.31 Å². The Balaban J connectivity index is 1.55. The number of rotatable bonds is 5. The second-order valence-corrected chi connectivity index (χ2v) is 9.25. The molecule has 1 fully saturated rings. The van der Waals surface area contributed by atoms with E-state index in [0.29, 0.717) is 30.5 Å². The molecule has 1 aromatic heterocycles. The number of amides is 1. The molecule has 2 N–H and O–H groups in total. The van der Waals surface area contributed by atoms with E-state index >= 15 is 0 Å². The summed E-state index contributed by atoms with van der Waals surface area (Å²) in [6, 6.07) is 9.76. The molecule has 154 valence electrons. The third kappa shape index (κ3) is 5.75. The molecule has 1 amide bonds. The van der Waals surface area contributed by atoms with Gasteiger partial charge < -0.3 is 9.73 Å². The van der Waals surface area contributed by atoms with Gasteiger partial charge in [0, 0.05) is 24.9 Å². The summed E-state index contributed by atoms with van der Waals surface area (Å²) in [5.74, 6) is 0.703. The van der Waals surface area contributed by atoms with Crippen LogP contribution in [0.2, 0.25) is 0 Å². The maximum Gasteiger partial charge on any atom is 0.250 e. The predicted molar refractivity (Wildman–Crippen MR) is 116 cm³/mol. The van der Waals surface area contributed by atoms with E-state index in [-0.39, 0.29) is 10.0 Å². The number of benzene rings is 1. The molecule has 2 aromatic rings. The lowest BCUT2D eigenvalue weighted by Gasteiger charge is -2.29. The molecule has 0 bridgehead atoms. The van der Waals surface area contributed by atoms with Crippen molar-refractivity contribution in [2.45, 2.75) is 24.7 Å². The van der Waals surface area contributed by atoms with Crippen LogP contribution in [0.5, 0.6) is 0 Å². The minimum atomic E-state index is -3.49. The van der Waals surface area contributed by atoms with Crippen LogP contribution < -0.4 is 10.6 Å². The Bertz CT molecular complexity index is 975. The van der Waals surface area contributed by atoms with Crippen molar-refractivity contribution in [2.24, 2.45) is 5.92 Å². The largest absolute Gasteiger partial charge is 0.465 e. The van der Waals surface area contributed by atoms with Gasteiger partial charge >= 0.3 is 0 Å². The molecule has 0 spiro atoms. The molecule has 0 aliphatic carbocycles. The minimum Gasteiger partial charge on any atom is -0.465 e. The number of hydrogen-bond donors (Lipinski definition) is 2. The van der Waals surface area contributed by atoms with Crippen LogP contribution in [0, 0.1) is 5.92 Å². The van der Waals surface area contributed by atoms with Gasteiger partial charge in [-0.1, -0.05) is 6.92 Å². The second kappa shape index (κ2) is 9.34. The van der Waals surface area contributed by atoms with Gasteiger partial charge in [0.05, 0.1) is 11.2 Å². The van der Waals surface area contributed by atoms with Crippen LogP contribution in [0.15, 0.2) is 58.1 Å². The Morgan fingerprint density at radius 3 is 2.52 bits per heavy atom. The van der Waals surface area contributed by atoms with E-state index in [1.54, 1.807) is 24.3 Å². The normalized spacial score (nSPS) is 16.0. The lowest BCUT2D eigenvalue weighted by Crippen LogP contribution is -2.37. The molecule has 0 radical (unpaired) electrons. The Hall–Kier alpha value is -2.49. The Morgan fingerprint density at radius 2 is 1.90 bits per heavy atom. The van der Waals surface area contributed by atoms with Crippen molar-refractivity contribution in [1.29, 1.82) is 0 Å². The van der Waals surface area contributed by atoms with E-state index in [4.69, 9.17) is 16.6 Å². The number of carbonyl (C=O) groups is 1. The fourth-order valence-electron chi connectivity index (χ4n) is 2.94. The van der Waals surface area contributed by atoms with Crippen molar-refractivity contribution >= 4 is 45.0 Å². The molecule has 29 heavy (non-hydrogen) atoms. The summed E-state index contributed by atoms with van der Waals surface area (Å²) < 4.78 is 32.1. The number of nitrogens with one attached hydrogen (secondary N) is 2. The number of carbonyl (C=O) groups excluding carboxylic acids is 1. The van der Waals surface area contributed by atoms with Gasteiger partial charge in [0.25, 0.3) is 0 Å². The summed E-state index contributed by atoms with van der Waals surface area (Å²) in [5.41, 5.74) is 0.580. The Morgan fingerprint density at radius 1 is 1.21 bits per heavy atom. The first-order valence-electron chi connectivity index (χ1n) is 9.28. The fraction of sp³-hybridized carbons (Fsp3) is 0.300. The van der Waals surface area contributed by atoms with Crippen molar-refractivity contribution in [1.82, 2.24) is 9.62 Å². The summed E-state index contributed by atoms with van der Waals surface area (Å²) in [4.78, 5) is 12.1. The minimum absolute atomic E-state index is 0.111. The van der Waals surface area contributed by atoms with Gasteiger partial charge in [-0.05, 0) is 73.5 Å². The standard InChI is InChI=1S/C20H23N3O4S2/c1-15-10-12-23(13-11-15)29(25,26)18-7-4-16(5-8-18)21-20(28)22-19(24)9-6-17-3-2-14-27-17/h2-9,14-15H,10-13H2,1H3,(H2,21,22,24,28). The molecule has 1 aliphatic heterocycles. The molecule has 1 saturated heterocycles. The number of piperidine rings is 1. The highest BCUT2D eigenvalue weighted by Gasteiger charge is 2.27. The molecule has 2 heterocycles. The van der Waals surface area contributed by atoms with Crippen LogP contribution in [0.25, 0.3) is 6.08 Å². The van der Waals surface area contributed by atoms with E-state index in [9.17, 15) is 13.2 Å². The zero-order chi connectivity index (χ0) is 20.9. The van der Waals surface area contributed by atoms with E-state index in [0.717, 1.165) is 12.8 Å². The summed E-state index contributed by atoms with van der Waals surface area (Å²) >= 11 is 5.12. The fourth-order valence-corrected chi connectivity index (χ4v) is 4.63. The van der Waals surface area contributed by atoms with E-state index in [2.05, 4.69) is 17.6 Å². The van der Waals surface area contributed by atoms with Crippen molar-refractivity contribution in [2.75, 3.05) is 18.4 Å². The number of anilines is 1. The van der Waals surface area contributed by atoms with Crippen LogP contribution >= 0.6 is 12.2 Å². The molecule has 1 aromatic carbocycles. The number of nitrogens with zero attached hydrogens (tertiary/aromatic N) is 1. The van der Waals surface area contributed by atoms with Gasteiger partial charge in [0.1, 0.15) is 5.76 Å². The van der Waals surface area contributed by atoms with Crippen LogP contribution in [0.3, 0.4) is 0 Å². The molecule has 0 unspecified atom stereocenters. The number of sulfonamides is 1. The van der Waals surface area contributed by atoms with E-state index in [1.807, 2.05) is 0 Å².